The number of rotatable bonds is 0. The lowest BCUT2D eigenvalue weighted by molar-refractivity contribution is 1.76. The molecule has 68 valence electrons. The van der Waals surface area contributed by atoms with E-state index in [0.717, 1.165) is 0 Å². The Balaban J connectivity index is 0.000000853. The first-order valence-corrected chi connectivity index (χ1v) is 4.81. The van der Waals surface area contributed by atoms with Crippen molar-refractivity contribution in [2.45, 2.75) is 0 Å². The van der Waals surface area contributed by atoms with Crippen LogP contribution in [0.4, 0.5) is 0 Å². The Labute approximate surface area is 84.3 Å². The normalized spacial score (nSPS) is 10.9. The maximum atomic E-state index is 2.24. The average Bonchev–Trinajstić information content (AvgIpc) is 2.26. The number of benzene rings is 3. The summed E-state index contributed by atoms with van der Waals surface area (Å²) in [5.41, 5.74) is 0. The molecule has 3 rings (SSSR count). The van der Waals surface area contributed by atoms with Gasteiger partial charge in [0.25, 0.3) is 0 Å². The Morgan fingerprint density at radius 3 is 1.07 bits per heavy atom. The van der Waals surface area contributed by atoms with Crippen molar-refractivity contribution in [3.63, 3.8) is 0 Å². The Hall–Kier alpha value is -1.82. The monoisotopic (exact) mass is 180 g/mol. The van der Waals surface area contributed by atoms with Crippen LogP contribution in [-0.4, -0.2) is 0 Å². The van der Waals surface area contributed by atoms with E-state index in [1.54, 1.807) is 0 Å². The fourth-order valence-corrected chi connectivity index (χ4v) is 1.88. The van der Waals surface area contributed by atoms with E-state index in [9.17, 15) is 0 Å². The lowest BCUT2D eigenvalue weighted by Crippen LogP contribution is -1.74. The zero-order valence-corrected chi connectivity index (χ0v) is 7.77. The molecule has 0 saturated heterocycles. The molecule has 0 aromatic heterocycles. The van der Waals surface area contributed by atoms with Gasteiger partial charge in [-0.2, -0.15) is 0 Å². The van der Waals surface area contributed by atoms with Crippen LogP contribution in [-0.2, 0) is 0 Å². The van der Waals surface area contributed by atoms with Gasteiger partial charge >= 0.3 is 0 Å². The molecule has 0 saturated carbocycles. The minimum absolute atomic E-state index is 0. The lowest BCUT2D eigenvalue weighted by atomic mass is 10.0. The van der Waals surface area contributed by atoms with Crippen LogP contribution in [0.15, 0.2) is 60.7 Å². The molecule has 0 aliphatic heterocycles. The molecule has 0 bridgehead atoms. The molecule has 0 heterocycles. The van der Waals surface area contributed by atoms with Gasteiger partial charge in [-0.1, -0.05) is 48.5 Å². The van der Waals surface area contributed by atoms with Crippen molar-refractivity contribution in [1.29, 1.82) is 0 Å². The highest BCUT2D eigenvalue weighted by Crippen LogP contribution is 2.21. The molecule has 0 aliphatic carbocycles. The third kappa shape index (κ3) is 1.08. The second-order valence-corrected chi connectivity index (χ2v) is 3.55. The van der Waals surface area contributed by atoms with Crippen molar-refractivity contribution in [3.8, 4) is 0 Å². The van der Waals surface area contributed by atoms with E-state index in [1.165, 1.54) is 21.5 Å². The van der Waals surface area contributed by atoms with Crippen molar-refractivity contribution in [2.75, 3.05) is 0 Å². The predicted octanol–water partition coefficient (Wildman–Crippen LogP) is 4.24. The van der Waals surface area contributed by atoms with Gasteiger partial charge in [-0.15, -0.1) is 0 Å². The van der Waals surface area contributed by atoms with Crippen molar-refractivity contribution < 1.29 is 1.43 Å². The van der Waals surface area contributed by atoms with Gasteiger partial charge in [-0.25, -0.2) is 0 Å². The fraction of sp³-hybridized carbons (Fsp3) is 0. The highest BCUT2D eigenvalue weighted by Gasteiger charge is 1.95. The van der Waals surface area contributed by atoms with Crippen LogP contribution in [0.5, 0.6) is 0 Å². The standard InChI is InChI=1S/C14H10.H2/c1-2-6-12-10-14-8-4-3-7-13(14)9-11(12)5-1;/h1-10H;1H. The van der Waals surface area contributed by atoms with E-state index >= 15 is 0 Å². The first kappa shape index (κ1) is 7.57. The van der Waals surface area contributed by atoms with Crippen LogP contribution in [0, 0.1) is 0 Å². The average molecular weight is 180 g/mol. The SMILES string of the molecule is [HH].c1ccc2cc3ccccc3cc2c1. The molecule has 0 heteroatoms. The van der Waals surface area contributed by atoms with E-state index in [4.69, 9.17) is 0 Å². The largest absolute Gasteiger partial charge is 0.0616 e. The van der Waals surface area contributed by atoms with E-state index in [-0.39, 0.29) is 1.43 Å². The van der Waals surface area contributed by atoms with Crippen molar-refractivity contribution in [3.05, 3.63) is 60.7 Å². The Bertz CT molecular complexity index is 494. The molecule has 0 unspecified atom stereocenters. The van der Waals surface area contributed by atoms with Gasteiger partial charge in [-0.05, 0) is 33.7 Å². The Morgan fingerprint density at radius 2 is 0.786 bits per heavy atom. The highest BCUT2D eigenvalue weighted by molar-refractivity contribution is 5.97. The van der Waals surface area contributed by atoms with Crippen LogP contribution < -0.4 is 0 Å². The number of hydrogen-bond acceptors (Lipinski definition) is 0. The maximum absolute atomic E-state index is 2.24. The molecular formula is C14H12. The summed E-state index contributed by atoms with van der Waals surface area (Å²) in [6.07, 6.45) is 0. The molecule has 14 heavy (non-hydrogen) atoms. The zero-order chi connectivity index (χ0) is 9.38. The molecule has 3 aromatic rings. The van der Waals surface area contributed by atoms with Crippen molar-refractivity contribution >= 4 is 21.5 Å². The van der Waals surface area contributed by atoms with Gasteiger partial charge in [0.1, 0.15) is 0 Å². The number of hydrogen-bond donors (Lipinski definition) is 0. The van der Waals surface area contributed by atoms with Crippen molar-refractivity contribution in [2.24, 2.45) is 0 Å². The molecule has 0 aliphatic rings. The van der Waals surface area contributed by atoms with Gasteiger partial charge in [0.05, 0.1) is 0 Å². The van der Waals surface area contributed by atoms with E-state index < -0.39 is 0 Å². The maximum Gasteiger partial charge on any atom is 0 e. The topological polar surface area (TPSA) is 0 Å². The van der Waals surface area contributed by atoms with Crippen LogP contribution in [0.2, 0.25) is 0 Å². The van der Waals surface area contributed by atoms with E-state index in [2.05, 4.69) is 60.7 Å². The van der Waals surface area contributed by atoms with Crippen LogP contribution in [0.1, 0.15) is 1.43 Å². The van der Waals surface area contributed by atoms with E-state index in [1.807, 2.05) is 0 Å². The summed E-state index contributed by atoms with van der Waals surface area (Å²) in [6, 6.07) is 21.4. The predicted molar refractivity (Wildman–Crippen MR) is 63.6 cm³/mol. The highest BCUT2D eigenvalue weighted by atomic mass is 14.0. The molecule has 0 N–H and O–H groups in total. The number of fused-ring (bicyclic) bond motifs is 2. The van der Waals surface area contributed by atoms with Gasteiger partial charge in [0.15, 0.2) is 0 Å². The summed E-state index contributed by atoms with van der Waals surface area (Å²) in [5, 5.41) is 5.25. The zero-order valence-electron chi connectivity index (χ0n) is 7.77. The summed E-state index contributed by atoms with van der Waals surface area (Å²) in [7, 11) is 0. The van der Waals surface area contributed by atoms with Crippen molar-refractivity contribution in [1.82, 2.24) is 0 Å². The first-order chi connectivity index (χ1) is 6.93. The Morgan fingerprint density at radius 1 is 0.500 bits per heavy atom. The fourth-order valence-electron chi connectivity index (χ4n) is 1.88. The molecule has 0 atom stereocenters. The Kier molecular flexibility index (Phi) is 1.54. The molecular weight excluding hydrogens is 168 g/mol. The second kappa shape index (κ2) is 2.85. The summed E-state index contributed by atoms with van der Waals surface area (Å²) in [5.74, 6) is 0. The van der Waals surface area contributed by atoms with Gasteiger partial charge in [-0.3, -0.25) is 0 Å². The van der Waals surface area contributed by atoms with Gasteiger partial charge in [0, 0.05) is 1.43 Å². The van der Waals surface area contributed by atoms with Gasteiger partial charge < -0.3 is 0 Å². The summed E-state index contributed by atoms with van der Waals surface area (Å²) in [4.78, 5) is 0. The second-order valence-electron chi connectivity index (χ2n) is 3.55. The molecule has 0 amide bonds. The minimum Gasteiger partial charge on any atom is -0.0616 e. The summed E-state index contributed by atoms with van der Waals surface area (Å²) < 4.78 is 0. The lowest BCUT2D eigenvalue weighted by Gasteiger charge is -2.00. The van der Waals surface area contributed by atoms with Crippen LogP contribution >= 0.6 is 0 Å². The van der Waals surface area contributed by atoms with Crippen LogP contribution in [0.25, 0.3) is 21.5 Å². The third-order valence-corrected chi connectivity index (χ3v) is 2.61. The van der Waals surface area contributed by atoms with Gasteiger partial charge in [0.2, 0.25) is 0 Å². The molecule has 3 aromatic carbocycles. The summed E-state index contributed by atoms with van der Waals surface area (Å²) in [6.45, 7) is 0. The first-order valence-electron chi connectivity index (χ1n) is 4.81. The van der Waals surface area contributed by atoms with Crippen LogP contribution in [0.3, 0.4) is 0 Å². The molecule has 0 fully saturated rings. The molecule has 0 nitrogen and oxygen atoms in total. The third-order valence-electron chi connectivity index (χ3n) is 2.61. The van der Waals surface area contributed by atoms with E-state index in [0.29, 0.717) is 0 Å². The smallest absolute Gasteiger partial charge is 0 e. The molecule has 0 spiro atoms. The summed E-state index contributed by atoms with van der Waals surface area (Å²) >= 11 is 0. The molecule has 0 radical (unpaired) electrons. The quantitative estimate of drug-likeness (QED) is 0.454. The minimum atomic E-state index is 0.